The van der Waals surface area contributed by atoms with Gasteiger partial charge < -0.3 is 13.3 Å². The molecule has 26 aromatic rings. The van der Waals surface area contributed by atoms with Gasteiger partial charge in [0.15, 0.2) is 69.2 Å². The first-order valence-electron chi connectivity index (χ1n) is 47.0. The van der Waals surface area contributed by atoms with E-state index in [9.17, 15) is 0 Å². The Hall–Kier alpha value is -19.8. The standard InChI is InChI=1S/C47H29N5O.C40H26N4O.C39H25N5O/c1-4-13-30(14-5-1)44-50-45(31-15-6-2-7-16-31)52-46(51-44)37-26-35(33-22-23-42-41(29-33)49-47(53-42)32-17-8-3-9-18-32)25-36(27-37)40-28-34-19-10-11-20-38(34)43-39(40)21-12-24-48-43;1-5-13-27(14-6-1)32-23-33(31-21-22-35-36(26-31)45-40(41-35)30-19-11-4-12-20-30)25-34(24-32)39-43-37(28-15-7-2-8-16-28)42-38(44-39)29-17-9-3-10-18-29;1-4-11-26(12-5-1)36-42-37(27-13-6-2-7-14-27)44-38(43-36)33-22-31(21-32(23-33)30-17-10-20-40-25-30)29-18-19-34-35(24-29)45-39(41-34)28-15-8-3-9-16-28/h1-29H;1-26H;1-25H. The van der Waals surface area contributed by atoms with E-state index in [2.05, 4.69) is 157 Å². The number of hydrogen-bond acceptors (Lipinski definition) is 17. The van der Waals surface area contributed by atoms with Crippen LogP contribution in [0.4, 0.5) is 0 Å². The lowest BCUT2D eigenvalue weighted by molar-refractivity contribution is 0.619. The van der Waals surface area contributed by atoms with Crippen LogP contribution in [0.25, 0.3) is 259 Å². The molecule has 0 N–H and O–H groups in total. The summed E-state index contributed by atoms with van der Waals surface area (Å²) in [6, 6.07) is 157. The summed E-state index contributed by atoms with van der Waals surface area (Å²) < 4.78 is 18.6. The summed E-state index contributed by atoms with van der Waals surface area (Å²) in [7, 11) is 0. The molecule has 0 saturated carbocycles. The third-order valence-electron chi connectivity index (χ3n) is 24.9. The molecule has 0 amide bonds. The average Bonchev–Trinajstić information content (AvgIpc) is 1.41. The first-order valence-corrected chi connectivity index (χ1v) is 47.0. The quantitative estimate of drug-likeness (QED) is 0.0729. The van der Waals surface area contributed by atoms with Crippen molar-refractivity contribution in [2.24, 2.45) is 0 Å². The van der Waals surface area contributed by atoms with E-state index >= 15 is 0 Å². The summed E-state index contributed by atoms with van der Waals surface area (Å²) in [4.78, 5) is 68.5. The van der Waals surface area contributed by atoms with E-state index in [1.165, 1.54) is 0 Å². The van der Waals surface area contributed by atoms with Gasteiger partial charge in [-0.05, 0) is 212 Å². The summed E-state index contributed by atoms with van der Waals surface area (Å²) in [5, 5.41) is 3.31. The van der Waals surface area contributed by atoms with Crippen molar-refractivity contribution >= 4 is 55.0 Å². The Bertz CT molecular complexity index is 8610. The van der Waals surface area contributed by atoms with Gasteiger partial charge in [0.25, 0.3) is 0 Å². The van der Waals surface area contributed by atoms with Crippen LogP contribution in [0.15, 0.2) is 499 Å². The highest BCUT2D eigenvalue weighted by atomic mass is 16.4. The van der Waals surface area contributed by atoms with Crippen LogP contribution in [0.2, 0.25) is 0 Å². The molecule has 0 bridgehead atoms. The van der Waals surface area contributed by atoms with Crippen LogP contribution < -0.4 is 0 Å². The smallest absolute Gasteiger partial charge is 0.227 e. The minimum Gasteiger partial charge on any atom is -0.436 e. The van der Waals surface area contributed by atoms with Crippen molar-refractivity contribution in [3.05, 3.63) is 486 Å². The lowest BCUT2D eigenvalue weighted by Gasteiger charge is -2.14. The third-order valence-corrected chi connectivity index (χ3v) is 24.9. The predicted octanol–water partition coefficient (Wildman–Crippen LogP) is 31.1. The van der Waals surface area contributed by atoms with Crippen LogP contribution in [-0.4, -0.2) is 69.8 Å². The molecule has 672 valence electrons. The molecular formula is C126H80N14O3. The second-order valence-corrected chi connectivity index (χ2v) is 34.4. The number of oxazole rings is 3. The highest BCUT2D eigenvalue weighted by molar-refractivity contribution is 6.12. The van der Waals surface area contributed by atoms with Crippen molar-refractivity contribution in [3.8, 4) is 204 Å². The fourth-order valence-electron chi connectivity index (χ4n) is 17.8. The van der Waals surface area contributed by atoms with E-state index in [4.69, 9.17) is 78.0 Å². The molecule has 18 aromatic carbocycles. The molecule has 0 radical (unpaired) electrons. The van der Waals surface area contributed by atoms with Gasteiger partial charge >= 0.3 is 0 Å². The number of hydrogen-bond donors (Lipinski definition) is 0. The van der Waals surface area contributed by atoms with Crippen LogP contribution in [0.1, 0.15) is 0 Å². The van der Waals surface area contributed by atoms with E-state index < -0.39 is 0 Å². The van der Waals surface area contributed by atoms with Gasteiger partial charge in [0.05, 0.1) is 5.52 Å². The van der Waals surface area contributed by atoms with Crippen LogP contribution in [0.5, 0.6) is 0 Å². The molecule has 0 aliphatic carbocycles. The van der Waals surface area contributed by atoms with E-state index in [-0.39, 0.29) is 0 Å². The predicted molar refractivity (Wildman–Crippen MR) is 571 cm³/mol. The van der Waals surface area contributed by atoms with Gasteiger partial charge in [-0.25, -0.2) is 59.8 Å². The molecule has 17 heteroatoms. The van der Waals surface area contributed by atoms with Gasteiger partial charge in [0, 0.05) is 102 Å². The first-order chi connectivity index (χ1) is 70.8. The van der Waals surface area contributed by atoms with Gasteiger partial charge in [-0.2, -0.15) is 0 Å². The Morgan fingerprint density at radius 3 is 0.818 bits per heavy atom. The molecule has 0 spiro atoms. The Balaban J connectivity index is 0.000000116. The van der Waals surface area contributed by atoms with Crippen LogP contribution in [0.3, 0.4) is 0 Å². The zero-order valence-electron chi connectivity index (χ0n) is 76.7. The molecule has 0 atom stereocenters. The Morgan fingerprint density at radius 2 is 0.434 bits per heavy atom. The molecule has 26 rings (SSSR count). The molecular weight excluding hydrogens is 1760 g/mol. The molecule has 0 unspecified atom stereocenters. The summed E-state index contributed by atoms with van der Waals surface area (Å²) >= 11 is 0. The van der Waals surface area contributed by atoms with E-state index in [0.29, 0.717) is 70.1 Å². The minimum atomic E-state index is 0.581. The highest BCUT2D eigenvalue weighted by Crippen LogP contribution is 2.44. The van der Waals surface area contributed by atoms with Crippen molar-refractivity contribution in [3.63, 3.8) is 0 Å². The summed E-state index contributed by atoms with van der Waals surface area (Å²) in [5.41, 5.74) is 28.8. The zero-order valence-corrected chi connectivity index (χ0v) is 76.7. The van der Waals surface area contributed by atoms with Gasteiger partial charge in [-0.15, -0.1) is 0 Å². The largest absolute Gasteiger partial charge is 0.436 e. The maximum atomic E-state index is 6.23. The number of aromatic nitrogens is 14. The van der Waals surface area contributed by atoms with Crippen molar-refractivity contribution in [2.45, 2.75) is 0 Å². The second-order valence-electron chi connectivity index (χ2n) is 34.4. The molecule has 8 heterocycles. The first kappa shape index (κ1) is 86.1. The van der Waals surface area contributed by atoms with E-state index in [1.54, 1.807) is 6.20 Å². The maximum absolute atomic E-state index is 6.23. The molecule has 8 aromatic heterocycles. The highest BCUT2D eigenvalue weighted by Gasteiger charge is 2.24. The number of nitrogens with zero attached hydrogens (tertiary/aromatic N) is 14. The number of benzene rings is 18. The van der Waals surface area contributed by atoms with Gasteiger partial charge in [0.1, 0.15) is 16.6 Å². The Labute approximate surface area is 821 Å². The number of fused-ring (bicyclic) bond motifs is 6. The van der Waals surface area contributed by atoms with E-state index in [0.717, 1.165) is 188 Å². The lowest BCUT2D eigenvalue weighted by atomic mass is 9.91. The molecule has 17 nitrogen and oxygen atoms in total. The fourth-order valence-corrected chi connectivity index (χ4v) is 17.8. The number of pyridine rings is 2. The van der Waals surface area contributed by atoms with Gasteiger partial charge in [0.2, 0.25) is 17.7 Å². The van der Waals surface area contributed by atoms with Crippen molar-refractivity contribution in [2.75, 3.05) is 0 Å². The van der Waals surface area contributed by atoms with Crippen LogP contribution >= 0.6 is 0 Å². The summed E-state index contributed by atoms with van der Waals surface area (Å²) in [5.74, 6) is 7.27. The zero-order chi connectivity index (χ0) is 95.1. The minimum absolute atomic E-state index is 0.581. The third kappa shape index (κ3) is 18.5. The Kier molecular flexibility index (Phi) is 23.3. The van der Waals surface area contributed by atoms with Crippen molar-refractivity contribution < 1.29 is 13.3 Å². The molecule has 0 fully saturated rings. The van der Waals surface area contributed by atoms with Crippen molar-refractivity contribution in [1.29, 1.82) is 0 Å². The molecule has 143 heavy (non-hydrogen) atoms. The SMILES string of the molecule is c1ccc(-c2cc(-c3ccc4nc(-c5ccccc5)oc4c3)cc(-c3nc(-c4ccccc4)nc(-c4ccccc4)n3)c2)cc1.c1ccc(-c2nc(-c3ccccc3)nc(-c3cc(-c4ccc5oc(-c6ccccc6)nc5c4)cc(-c4cc5ccccc5c5ncccc45)c3)n2)cc1.c1ccc(-c2nc(-c3ccccc3)nc(-c3cc(-c4cccnc4)cc(-c4ccc5nc(-c6ccccc6)oc5c4)c3)n2)cc1. The van der Waals surface area contributed by atoms with E-state index in [1.807, 2.05) is 328 Å². The maximum Gasteiger partial charge on any atom is 0.227 e. The van der Waals surface area contributed by atoms with Crippen LogP contribution in [0, 0.1) is 0 Å². The molecule has 0 aliphatic rings. The Morgan fingerprint density at radius 1 is 0.154 bits per heavy atom. The molecule has 0 saturated heterocycles. The van der Waals surface area contributed by atoms with Crippen LogP contribution in [-0.2, 0) is 0 Å². The topological polar surface area (TPSA) is 220 Å². The fraction of sp³-hybridized carbons (Fsp3) is 0. The molecule has 0 aliphatic heterocycles. The second kappa shape index (κ2) is 38.8. The number of rotatable bonds is 18. The normalized spacial score (nSPS) is 11.2. The lowest BCUT2D eigenvalue weighted by Crippen LogP contribution is -2.00. The van der Waals surface area contributed by atoms with Gasteiger partial charge in [-0.1, -0.05) is 322 Å². The summed E-state index contributed by atoms with van der Waals surface area (Å²) in [6.45, 7) is 0. The van der Waals surface area contributed by atoms with Gasteiger partial charge in [-0.3, -0.25) is 9.97 Å². The van der Waals surface area contributed by atoms with Crippen molar-refractivity contribution in [1.82, 2.24) is 69.8 Å². The summed E-state index contributed by atoms with van der Waals surface area (Å²) in [6.07, 6.45) is 5.51. The average molecular weight is 1840 g/mol. The monoisotopic (exact) mass is 1840 g/mol.